The number of imidazole rings is 1. The summed E-state index contributed by atoms with van der Waals surface area (Å²) in [6.45, 7) is 0.152. The number of pyridine rings is 1. The van der Waals surface area contributed by atoms with Crippen molar-refractivity contribution >= 4 is 28.3 Å². The van der Waals surface area contributed by atoms with E-state index in [0.717, 1.165) is 5.52 Å². The van der Waals surface area contributed by atoms with Crippen LogP contribution in [0.25, 0.3) is 11.0 Å². The van der Waals surface area contributed by atoms with Gasteiger partial charge < -0.3 is 9.30 Å². The average molecular weight is 319 g/mol. The van der Waals surface area contributed by atoms with Crippen molar-refractivity contribution in [3.05, 3.63) is 57.5 Å². The summed E-state index contributed by atoms with van der Waals surface area (Å²) < 4.78 is 7.52. The number of hydrogen-bond donors (Lipinski definition) is 0. The Hall–Kier alpha value is -2.67. The molecule has 0 saturated heterocycles. The first-order valence-corrected chi connectivity index (χ1v) is 6.75. The molecule has 1 aromatic carbocycles. The van der Waals surface area contributed by atoms with Crippen LogP contribution in [0.15, 0.2) is 36.8 Å². The Labute approximate surface area is 130 Å². The molecule has 0 aliphatic rings. The van der Waals surface area contributed by atoms with Gasteiger partial charge in [-0.1, -0.05) is 11.6 Å². The molecule has 0 N–H and O–H groups in total. The summed E-state index contributed by atoms with van der Waals surface area (Å²) >= 11 is 6.04. The van der Waals surface area contributed by atoms with Crippen molar-refractivity contribution in [2.24, 2.45) is 7.05 Å². The zero-order valence-corrected chi connectivity index (χ0v) is 12.3. The first-order valence-electron chi connectivity index (χ1n) is 6.38. The second-order valence-electron chi connectivity index (χ2n) is 4.66. The van der Waals surface area contributed by atoms with Crippen LogP contribution in [0.5, 0.6) is 5.88 Å². The van der Waals surface area contributed by atoms with Gasteiger partial charge in [0.15, 0.2) is 5.52 Å². The minimum Gasteiger partial charge on any atom is -0.471 e. The standard InChI is InChI=1S/C14H11ClN4O3/c1-18-8-17-13-12(18)4-5-16-14(13)22-7-9-2-3-10(19(20)21)6-11(9)15/h2-6,8H,7H2,1H3. The van der Waals surface area contributed by atoms with Gasteiger partial charge in [-0.05, 0) is 12.1 Å². The van der Waals surface area contributed by atoms with Gasteiger partial charge in [0.25, 0.3) is 5.69 Å². The summed E-state index contributed by atoms with van der Waals surface area (Å²) in [7, 11) is 1.88. The number of aromatic nitrogens is 3. The molecule has 0 unspecified atom stereocenters. The number of nitro benzene ring substituents is 1. The maximum Gasteiger partial charge on any atom is 0.270 e. The highest BCUT2D eigenvalue weighted by molar-refractivity contribution is 6.31. The van der Waals surface area contributed by atoms with Crippen molar-refractivity contribution in [2.75, 3.05) is 0 Å². The molecular weight excluding hydrogens is 308 g/mol. The van der Waals surface area contributed by atoms with Crippen molar-refractivity contribution in [3.8, 4) is 5.88 Å². The number of nitro groups is 1. The zero-order chi connectivity index (χ0) is 15.7. The molecule has 3 rings (SSSR count). The normalized spacial score (nSPS) is 10.8. The van der Waals surface area contributed by atoms with Crippen LogP contribution in [0.1, 0.15) is 5.56 Å². The van der Waals surface area contributed by atoms with Gasteiger partial charge in [-0.3, -0.25) is 10.1 Å². The molecule has 8 heteroatoms. The van der Waals surface area contributed by atoms with E-state index < -0.39 is 4.92 Å². The lowest BCUT2D eigenvalue weighted by Gasteiger charge is -2.07. The lowest BCUT2D eigenvalue weighted by atomic mass is 10.2. The fourth-order valence-electron chi connectivity index (χ4n) is 2.06. The van der Waals surface area contributed by atoms with Gasteiger partial charge in [0.2, 0.25) is 5.88 Å². The van der Waals surface area contributed by atoms with Crippen molar-refractivity contribution < 1.29 is 9.66 Å². The average Bonchev–Trinajstić information content (AvgIpc) is 2.88. The van der Waals surface area contributed by atoms with Crippen LogP contribution >= 0.6 is 11.6 Å². The molecule has 0 saturated carbocycles. The number of halogens is 1. The fourth-order valence-corrected chi connectivity index (χ4v) is 2.29. The summed E-state index contributed by atoms with van der Waals surface area (Å²) in [5, 5.41) is 11.0. The Morgan fingerprint density at radius 2 is 2.18 bits per heavy atom. The largest absolute Gasteiger partial charge is 0.471 e. The zero-order valence-electron chi connectivity index (χ0n) is 11.6. The van der Waals surface area contributed by atoms with E-state index in [-0.39, 0.29) is 17.3 Å². The number of benzene rings is 1. The number of ether oxygens (including phenoxy) is 1. The van der Waals surface area contributed by atoms with Gasteiger partial charge in [-0.25, -0.2) is 9.97 Å². The molecule has 3 aromatic rings. The van der Waals surface area contributed by atoms with E-state index in [1.54, 1.807) is 18.6 Å². The predicted octanol–water partition coefficient (Wildman–Crippen LogP) is 3.11. The van der Waals surface area contributed by atoms with E-state index in [4.69, 9.17) is 16.3 Å². The van der Waals surface area contributed by atoms with Gasteiger partial charge in [0.05, 0.1) is 21.8 Å². The number of fused-ring (bicyclic) bond motifs is 1. The van der Waals surface area contributed by atoms with Crippen LogP contribution in [0.4, 0.5) is 5.69 Å². The van der Waals surface area contributed by atoms with Crippen LogP contribution in [-0.4, -0.2) is 19.5 Å². The first kappa shape index (κ1) is 14.3. The van der Waals surface area contributed by atoms with Crippen LogP contribution < -0.4 is 4.74 Å². The van der Waals surface area contributed by atoms with E-state index in [1.807, 2.05) is 17.7 Å². The molecule has 2 heterocycles. The lowest BCUT2D eigenvalue weighted by Crippen LogP contribution is -1.99. The second kappa shape index (κ2) is 5.61. The molecule has 0 aliphatic carbocycles. The van der Waals surface area contributed by atoms with E-state index in [0.29, 0.717) is 17.0 Å². The van der Waals surface area contributed by atoms with Crippen LogP contribution in [0.2, 0.25) is 5.02 Å². The van der Waals surface area contributed by atoms with Crippen molar-refractivity contribution in [1.29, 1.82) is 0 Å². The maximum atomic E-state index is 10.7. The molecule has 22 heavy (non-hydrogen) atoms. The number of aryl methyl sites for hydroxylation is 1. The topological polar surface area (TPSA) is 83.1 Å². The smallest absolute Gasteiger partial charge is 0.270 e. The van der Waals surface area contributed by atoms with Crippen molar-refractivity contribution in [1.82, 2.24) is 14.5 Å². The summed E-state index contributed by atoms with van der Waals surface area (Å²) in [4.78, 5) is 18.6. The van der Waals surface area contributed by atoms with E-state index in [1.165, 1.54) is 12.1 Å². The molecular formula is C14H11ClN4O3. The third-order valence-electron chi connectivity index (χ3n) is 3.22. The molecule has 0 amide bonds. The van der Waals surface area contributed by atoms with Gasteiger partial charge >= 0.3 is 0 Å². The summed E-state index contributed by atoms with van der Waals surface area (Å²) in [6, 6.07) is 6.10. The Bertz CT molecular complexity index is 862. The molecule has 0 fully saturated rings. The third-order valence-corrected chi connectivity index (χ3v) is 3.57. The van der Waals surface area contributed by atoms with Crippen molar-refractivity contribution in [3.63, 3.8) is 0 Å². The Morgan fingerprint density at radius 3 is 2.91 bits per heavy atom. The quantitative estimate of drug-likeness (QED) is 0.545. The number of hydrogen-bond acceptors (Lipinski definition) is 5. The number of nitrogens with zero attached hydrogens (tertiary/aromatic N) is 4. The van der Waals surface area contributed by atoms with Gasteiger partial charge in [0.1, 0.15) is 6.61 Å². The first-order chi connectivity index (χ1) is 10.6. The Kier molecular flexibility index (Phi) is 3.64. The van der Waals surface area contributed by atoms with Gasteiger partial charge in [0, 0.05) is 30.9 Å². The van der Waals surface area contributed by atoms with Crippen LogP contribution in [0, 0.1) is 10.1 Å². The van der Waals surface area contributed by atoms with Crippen molar-refractivity contribution in [2.45, 2.75) is 6.61 Å². The number of rotatable bonds is 4. The minimum atomic E-state index is -0.493. The minimum absolute atomic E-state index is 0.0568. The molecule has 112 valence electrons. The SMILES string of the molecule is Cn1cnc2c(OCc3ccc([N+](=O)[O-])cc3Cl)nccc21. The Morgan fingerprint density at radius 1 is 1.36 bits per heavy atom. The highest BCUT2D eigenvalue weighted by Crippen LogP contribution is 2.25. The molecule has 0 spiro atoms. The summed E-state index contributed by atoms with van der Waals surface area (Å²) in [5.74, 6) is 0.396. The molecule has 0 bridgehead atoms. The van der Waals surface area contributed by atoms with Gasteiger partial charge in [-0.2, -0.15) is 0 Å². The Balaban J connectivity index is 1.84. The van der Waals surface area contributed by atoms with Gasteiger partial charge in [-0.15, -0.1) is 0 Å². The summed E-state index contributed by atoms with van der Waals surface area (Å²) in [6.07, 6.45) is 3.31. The van der Waals surface area contributed by atoms with Crippen LogP contribution in [0.3, 0.4) is 0 Å². The predicted molar refractivity (Wildman–Crippen MR) is 80.9 cm³/mol. The van der Waals surface area contributed by atoms with E-state index in [2.05, 4.69) is 9.97 Å². The van der Waals surface area contributed by atoms with E-state index >= 15 is 0 Å². The number of non-ortho nitro benzene ring substituents is 1. The third kappa shape index (κ3) is 2.58. The van der Waals surface area contributed by atoms with E-state index in [9.17, 15) is 10.1 Å². The highest BCUT2D eigenvalue weighted by atomic mass is 35.5. The summed E-state index contributed by atoms with van der Waals surface area (Å²) in [5.41, 5.74) is 2.14. The highest BCUT2D eigenvalue weighted by Gasteiger charge is 2.12. The fraction of sp³-hybridized carbons (Fsp3) is 0.143. The monoisotopic (exact) mass is 318 g/mol. The van der Waals surface area contributed by atoms with Crippen LogP contribution in [-0.2, 0) is 13.7 Å². The molecule has 7 nitrogen and oxygen atoms in total. The molecule has 0 aliphatic heterocycles. The lowest BCUT2D eigenvalue weighted by molar-refractivity contribution is -0.384. The molecule has 0 radical (unpaired) electrons. The maximum absolute atomic E-state index is 10.7. The molecule has 0 atom stereocenters. The molecule has 2 aromatic heterocycles. The second-order valence-corrected chi connectivity index (χ2v) is 5.07.